The predicted molar refractivity (Wildman–Crippen MR) is 95.4 cm³/mol. The molecule has 0 unspecified atom stereocenters. The average molecular weight is 348 g/mol. The van der Waals surface area contributed by atoms with Gasteiger partial charge in [-0.25, -0.2) is 8.78 Å². The van der Waals surface area contributed by atoms with E-state index >= 15 is 0 Å². The van der Waals surface area contributed by atoms with E-state index in [1.54, 1.807) is 0 Å². The highest BCUT2D eigenvalue weighted by Gasteiger charge is 2.51. The van der Waals surface area contributed by atoms with E-state index in [0.717, 1.165) is 23.8 Å². The van der Waals surface area contributed by atoms with Gasteiger partial charge in [-0.2, -0.15) is 0 Å². The lowest BCUT2D eigenvalue weighted by atomic mass is 9.53. The van der Waals surface area contributed by atoms with Crippen LogP contribution < -0.4 is 0 Å². The molecule has 0 bridgehead atoms. The van der Waals surface area contributed by atoms with Crippen LogP contribution in [-0.4, -0.2) is 12.2 Å². The summed E-state index contributed by atoms with van der Waals surface area (Å²) in [5, 5.41) is 0. The third kappa shape index (κ3) is 3.13. The predicted octanol–water partition coefficient (Wildman–Crippen LogP) is 6.10. The first-order valence-electron chi connectivity index (χ1n) is 10.2. The number of hydrogen-bond donors (Lipinski definition) is 0. The second kappa shape index (κ2) is 6.63. The summed E-state index contributed by atoms with van der Waals surface area (Å²) < 4.78 is 24.8. The van der Waals surface area contributed by atoms with Crippen molar-refractivity contribution < 1.29 is 13.6 Å². The van der Waals surface area contributed by atoms with Crippen LogP contribution in [-0.2, 0) is 4.79 Å². The summed E-state index contributed by atoms with van der Waals surface area (Å²) in [6.45, 7) is 2.50. The second-order valence-electron chi connectivity index (χ2n) is 9.13. The smallest absolute Gasteiger partial charge is 0.238 e. The van der Waals surface area contributed by atoms with Gasteiger partial charge >= 0.3 is 0 Å². The first-order chi connectivity index (χ1) is 12.0. The summed E-state index contributed by atoms with van der Waals surface area (Å²) in [4.78, 5) is 12.4. The standard InChI is InChI=1S/C22H30F2O/c1-22-10-3-5-19(22)17-8-7-14-13-20(25)15(4-2-6-21(23)24)12-18(14)16(17)9-11-22/h7,12,16-19,21H,2-6,8-11,13H2,1H3/t16-,17+,18-,19-,22-/m0/s1. The minimum absolute atomic E-state index is 0.0928. The number of carbonyl (C=O) groups excluding carboxylic acids is 1. The Hall–Kier alpha value is -0.990. The molecule has 1 nitrogen and oxygen atoms in total. The van der Waals surface area contributed by atoms with Crippen LogP contribution in [0.2, 0.25) is 0 Å². The number of alkyl halides is 2. The zero-order chi connectivity index (χ0) is 17.6. The van der Waals surface area contributed by atoms with Gasteiger partial charge in [0.1, 0.15) is 0 Å². The van der Waals surface area contributed by atoms with E-state index in [-0.39, 0.29) is 12.2 Å². The van der Waals surface area contributed by atoms with Crippen molar-refractivity contribution in [1.29, 1.82) is 0 Å². The third-order valence-corrected chi connectivity index (χ3v) is 7.79. The molecule has 0 amide bonds. The molecule has 25 heavy (non-hydrogen) atoms. The monoisotopic (exact) mass is 348 g/mol. The Morgan fingerprint density at radius 3 is 2.88 bits per heavy atom. The Labute approximate surface area is 149 Å². The molecule has 0 spiro atoms. The zero-order valence-corrected chi connectivity index (χ0v) is 15.3. The topological polar surface area (TPSA) is 17.1 Å². The van der Waals surface area contributed by atoms with Gasteiger partial charge in [0.2, 0.25) is 6.43 Å². The Bertz CT molecular complexity index is 605. The molecule has 4 aliphatic rings. The van der Waals surface area contributed by atoms with Gasteiger partial charge in [0.25, 0.3) is 0 Å². The first kappa shape index (κ1) is 17.4. The number of allylic oxidation sites excluding steroid dienone is 4. The molecular weight excluding hydrogens is 318 g/mol. The fraction of sp³-hybridized carbons (Fsp3) is 0.773. The number of hydrogen-bond acceptors (Lipinski definition) is 1. The summed E-state index contributed by atoms with van der Waals surface area (Å²) in [5.74, 6) is 2.87. The van der Waals surface area contributed by atoms with Crippen LogP contribution in [0.25, 0.3) is 0 Å². The van der Waals surface area contributed by atoms with Crippen LogP contribution in [0.15, 0.2) is 23.3 Å². The normalized spacial score (nSPS) is 40.2. The third-order valence-electron chi connectivity index (χ3n) is 7.79. The van der Waals surface area contributed by atoms with Crippen LogP contribution in [0.3, 0.4) is 0 Å². The summed E-state index contributed by atoms with van der Waals surface area (Å²) in [5.41, 5.74) is 2.70. The van der Waals surface area contributed by atoms with Crippen molar-refractivity contribution >= 4 is 5.78 Å². The highest BCUT2D eigenvalue weighted by molar-refractivity contribution is 5.98. The molecular formula is C22H30F2O. The Morgan fingerprint density at radius 1 is 1.24 bits per heavy atom. The summed E-state index contributed by atoms with van der Waals surface area (Å²) >= 11 is 0. The van der Waals surface area contributed by atoms with Crippen molar-refractivity contribution in [2.45, 2.75) is 77.6 Å². The van der Waals surface area contributed by atoms with Crippen molar-refractivity contribution in [2.75, 3.05) is 0 Å². The molecule has 0 radical (unpaired) electrons. The van der Waals surface area contributed by atoms with Crippen LogP contribution in [0, 0.1) is 29.1 Å². The van der Waals surface area contributed by atoms with Crippen molar-refractivity contribution in [3.63, 3.8) is 0 Å². The molecule has 0 aromatic carbocycles. The van der Waals surface area contributed by atoms with Gasteiger partial charge in [0, 0.05) is 18.8 Å². The fourth-order valence-corrected chi connectivity index (χ4v) is 6.49. The summed E-state index contributed by atoms with van der Waals surface area (Å²) in [6.07, 6.45) is 11.6. The lowest BCUT2D eigenvalue weighted by Crippen LogP contribution is -2.43. The van der Waals surface area contributed by atoms with Crippen LogP contribution in [0.4, 0.5) is 8.78 Å². The molecule has 2 fully saturated rings. The van der Waals surface area contributed by atoms with Gasteiger partial charge in [0.15, 0.2) is 5.78 Å². The Kier molecular flexibility index (Phi) is 4.62. The number of halogens is 2. The van der Waals surface area contributed by atoms with Gasteiger partial charge in [0.05, 0.1) is 0 Å². The van der Waals surface area contributed by atoms with Crippen molar-refractivity contribution in [3.8, 4) is 0 Å². The van der Waals surface area contributed by atoms with E-state index in [1.807, 2.05) is 0 Å². The molecule has 0 heterocycles. The quantitative estimate of drug-likeness (QED) is 0.561. The summed E-state index contributed by atoms with van der Waals surface area (Å²) in [6, 6.07) is 0. The van der Waals surface area contributed by atoms with Crippen LogP contribution in [0.1, 0.15) is 71.1 Å². The Balaban J connectivity index is 1.54. The van der Waals surface area contributed by atoms with Gasteiger partial charge in [-0.1, -0.05) is 31.1 Å². The van der Waals surface area contributed by atoms with E-state index in [0.29, 0.717) is 36.5 Å². The van der Waals surface area contributed by atoms with E-state index in [2.05, 4.69) is 19.1 Å². The SMILES string of the molecule is C[C@@]12CCC[C@H]1[C@@H]1CC=C3CC(=O)C(CCCC(F)F)=C[C@@H]3[C@H]1CC2. The van der Waals surface area contributed by atoms with Gasteiger partial charge in [-0.3, -0.25) is 4.79 Å². The molecule has 0 aromatic heterocycles. The van der Waals surface area contributed by atoms with Crippen LogP contribution in [0.5, 0.6) is 0 Å². The number of fused-ring (bicyclic) bond motifs is 5. The molecule has 5 atom stereocenters. The highest BCUT2D eigenvalue weighted by Crippen LogP contribution is 2.60. The number of rotatable bonds is 4. The minimum Gasteiger partial charge on any atom is -0.294 e. The molecule has 4 rings (SSSR count). The average Bonchev–Trinajstić information content (AvgIpc) is 2.96. The molecule has 3 heteroatoms. The fourth-order valence-electron chi connectivity index (χ4n) is 6.49. The lowest BCUT2D eigenvalue weighted by molar-refractivity contribution is -0.115. The van der Waals surface area contributed by atoms with Crippen molar-refractivity contribution in [1.82, 2.24) is 0 Å². The maximum atomic E-state index is 12.4. The minimum atomic E-state index is -2.26. The Morgan fingerprint density at radius 2 is 2.08 bits per heavy atom. The molecule has 0 saturated heterocycles. The zero-order valence-electron chi connectivity index (χ0n) is 15.3. The summed E-state index contributed by atoms with van der Waals surface area (Å²) in [7, 11) is 0. The molecule has 2 saturated carbocycles. The molecule has 4 aliphatic carbocycles. The van der Waals surface area contributed by atoms with Crippen molar-refractivity contribution in [2.24, 2.45) is 29.1 Å². The van der Waals surface area contributed by atoms with Crippen LogP contribution >= 0.6 is 0 Å². The highest BCUT2D eigenvalue weighted by atomic mass is 19.3. The number of Topliss-reactive ketones (excluding diaryl/α,β-unsaturated/α-hetero) is 1. The van der Waals surface area contributed by atoms with E-state index in [1.165, 1.54) is 37.7 Å². The van der Waals surface area contributed by atoms with Gasteiger partial charge in [-0.05, 0) is 73.7 Å². The molecule has 0 N–H and O–H groups in total. The van der Waals surface area contributed by atoms with E-state index < -0.39 is 6.43 Å². The maximum absolute atomic E-state index is 12.4. The first-order valence-corrected chi connectivity index (χ1v) is 10.2. The molecule has 0 aromatic rings. The van der Waals surface area contributed by atoms with Crippen molar-refractivity contribution in [3.05, 3.63) is 23.3 Å². The van der Waals surface area contributed by atoms with Gasteiger partial charge < -0.3 is 0 Å². The van der Waals surface area contributed by atoms with E-state index in [4.69, 9.17) is 0 Å². The van der Waals surface area contributed by atoms with Gasteiger partial charge in [-0.15, -0.1) is 0 Å². The lowest BCUT2D eigenvalue weighted by Gasteiger charge is -2.51. The van der Waals surface area contributed by atoms with E-state index in [9.17, 15) is 13.6 Å². The molecule has 138 valence electrons. The number of carbonyl (C=O) groups is 1. The second-order valence-corrected chi connectivity index (χ2v) is 9.13. The maximum Gasteiger partial charge on any atom is 0.238 e. The largest absolute Gasteiger partial charge is 0.294 e. The number of ketones is 1. The molecule has 0 aliphatic heterocycles.